The molecule has 0 fully saturated rings. The summed E-state index contributed by atoms with van der Waals surface area (Å²) in [7, 11) is 0. The van der Waals surface area contributed by atoms with Gasteiger partial charge in [-0.15, -0.1) is 0 Å². The van der Waals surface area contributed by atoms with Gasteiger partial charge < -0.3 is 10.5 Å². The van der Waals surface area contributed by atoms with Gasteiger partial charge in [-0.25, -0.2) is 0 Å². The van der Waals surface area contributed by atoms with E-state index in [1.807, 2.05) is 18.2 Å². The van der Waals surface area contributed by atoms with Crippen LogP contribution in [0.1, 0.15) is 31.9 Å². The van der Waals surface area contributed by atoms with E-state index in [0.29, 0.717) is 16.3 Å². The van der Waals surface area contributed by atoms with E-state index in [9.17, 15) is 0 Å². The molecule has 0 aliphatic heterocycles. The summed E-state index contributed by atoms with van der Waals surface area (Å²) in [6.07, 6.45) is 0. The van der Waals surface area contributed by atoms with E-state index in [1.54, 1.807) is 12.1 Å². The predicted molar refractivity (Wildman–Crippen MR) is 92.6 cm³/mol. The van der Waals surface area contributed by atoms with Gasteiger partial charge in [0.25, 0.3) is 0 Å². The lowest BCUT2D eigenvalue weighted by Gasteiger charge is -2.19. The minimum Gasteiger partial charge on any atom is -0.457 e. The molecule has 4 heteroatoms. The fourth-order valence-corrected chi connectivity index (χ4v) is 2.51. The quantitative estimate of drug-likeness (QED) is 0.803. The molecule has 2 rings (SSSR count). The van der Waals surface area contributed by atoms with E-state index in [0.717, 1.165) is 5.75 Å². The first-order valence-corrected chi connectivity index (χ1v) is 7.44. The van der Waals surface area contributed by atoms with Crippen LogP contribution in [0.25, 0.3) is 0 Å². The molecule has 2 N–H and O–H groups in total. The van der Waals surface area contributed by atoms with Gasteiger partial charge in [0.1, 0.15) is 16.5 Å². The molecule has 0 aliphatic carbocycles. The maximum absolute atomic E-state index is 6.13. The number of nitrogens with two attached hydrogens (primary N) is 1. The number of halogens is 1. The van der Waals surface area contributed by atoms with E-state index in [1.165, 1.54) is 5.56 Å². The largest absolute Gasteiger partial charge is 0.457 e. The van der Waals surface area contributed by atoms with Gasteiger partial charge in [0.15, 0.2) is 0 Å². The van der Waals surface area contributed by atoms with Gasteiger partial charge in [-0.05, 0) is 35.2 Å². The summed E-state index contributed by atoms with van der Waals surface area (Å²) in [6, 6.07) is 13.3. The molecule has 0 atom stereocenters. The van der Waals surface area contributed by atoms with Crippen LogP contribution >= 0.6 is 23.8 Å². The van der Waals surface area contributed by atoms with Crippen LogP contribution in [0.2, 0.25) is 5.02 Å². The zero-order valence-corrected chi connectivity index (χ0v) is 13.9. The Balaban J connectivity index is 2.31. The standard InChI is InChI=1S/C17H18ClNOS/c1-17(2,3)11-7-9-12(10-8-11)20-14-6-4-5-13(18)15(14)16(19)21/h4-10H,1-3H3,(H2,19,21). The van der Waals surface area contributed by atoms with Gasteiger partial charge in [0.2, 0.25) is 0 Å². The van der Waals surface area contributed by atoms with Gasteiger partial charge in [-0.3, -0.25) is 0 Å². The zero-order chi connectivity index (χ0) is 15.6. The zero-order valence-electron chi connectivity index (χ0n) is 12.3. The molecule has 0 spiro atoms. The number of hydrogen-bond donors (Lipinski definition) is 1. The summed E-state index contributed by atoms with van der Waals surface area (Å²) in [5, 5.41) is 0.492. The summed E-state index contributed by atoms with van der Waals surface area (Å²) in [5.41, 5.74) is 7.64. The Morgan fingerprint density at radius 2 is 1.71 bits per heavy atom. The maximum Gasteiger partial charge on any atom is 0.139 e. The highest BCUT2D eigenvalue weighted by atomic mass is 35.5. The van der Waals surface area contributed by atoms with Gasteiger partial charge in [-0.2, -0.15) is 0 Å². The fraction of sp³-hybridized carbons (Fsp3) is 0.235. The molecule has 0 saturated heterocycles. The molecule has 110 valence electrons. The van der Waals surface area contributed by atoms with Gasteiger partial charge in [0, 0.05) is 0 Å². The predicted octanol–water partition coefficient (Wildman–Crippen LogP) is 5.06. The van der Waals surface area contributed by atoms with Crippen molar-refractivity contribution in [3.05, 3.63) is 58.6 Å². The lowest BCUT2D eigenvalue weighted by atomic mass is 9.87. The fourth-order valence-electron chi connectivity index (χ4n) is 1.98. The Morgan fingerprint density at radius 1 is 1.10 bits per heavy atom. The molecule has 0 saturated carbocycles. The monoisotopic (exact) mass is 319 g/mol. The molecular weight excluding hydrogens is 302 g/mol. The van der Waals surface area contributed by atoms with Crippen molar-refractivity contribution in [2.45, 2.75) is 26.2 Å². The van der Waals surface area contributed by atoms with Gasteiger partial charge in [-0.1, -0.05) is 62.8 Å². The van der Waals surface area contributed by atoms with E-state index in [4.69, 9.17) is 34.3 Å². The average molecular weight is 320 g/mol. The Bertz CT molecular complexity index is 659. The topological polar surface area (TPSA) is 35.2 Å². The van der Waals surface area contributed by atoms with Crippen molar-refractivity contribution in [3.8, 4) is 11.5 Å². The Morgan fingerprint density at radius 3 is 2.24 bits per heavy atom. The minimum atomic E-state index is 0.110. The second-order valence-electron chi connectivity index (χ2n) is 5.85. The summed E-state index contributed by atoms with van der Waals surface area (Å²) >= 11 is 11.2. The normalized spacial score (nSPS) is 11.2. The van der Waals surface area contributed by atoms with Crippen LogP contribution < -0.4 is 10.5 Å². The molecule has 0 heterocycles. The molecule has 0 unspecified atom stereocenters. The van der Waals surface area contributed by atoms with Crippen LogP contribution in [-0.4, -0.2) is 4.99 Å². The van der Waals surface area contributed by atoms with Crippen molar-refractivity contribution in [2.24, 2.45) is 5.73 Å². The molecule has 0 aromatic heterocycles. The molecule has 0 bridgehead atoms. The number of rotatable bonds is 3. The Labute approximate surface area is 135 Å². The van der Waals surface area contributed by atoms with E-state index in [2.05, 4.69) is 32.9 Å². The SMILES string of the molecule is CC(C)(C)c1ccc(Oc2cccc(Cl)c2C(N)=S)cc1. The first-order chi connectivity index (χ1) is 9.79. The number of hydrogen-bond acceptors (Lipinski definition) is 2. The smallest absolute Gasteiger partial charge is 0.139 e. The van der Waals surface area contributed by atoms with Crippen LogP contribution in [0, 0.1) is 0 Å². The van der Waals surface area contributed by atoms with E-state index < -0.39 is 0 Å². The van der Waals surface area contributed by atoms with Crippen molar-refractivity contribution >= 4 is 28.8 Å². The third-order valence-corrected chi connectivity index (χ3v) is 3.69. The molecule has 21 heavy (non-hydrogen) atoms. The highest BCUT2D eigenvalue weighted by Crippen LogP contribution is 2.31. The summed E-state index contributed by atoms with van der Waals surface area (Å²) < 4.78 is 5.87. The molecule has 0 amide bonds. The molecule has 2 aromatic carbocycles. The lowest BCUT2D eigenvalue weighted by Crippen LogP contribution is -2.12. The third kappa shape index (κ3) is 3.74. The average Bonchev–Trinajstić information content (AvgIpc) is 2.38. The Kier molecular flexibility index (Phi) is 4.55. The molecular formula is C17H18ClNOS. The second kappa shape index (κ2) is 6.04. The van der Waals surface area contributed by atoms with Crippen molar-refractivity contribution in [3.63, 3.8) is 0 Å². The Hall–Kier alpha value is -1.58. The summed E-state index contributed by atoms with van der Waals surface area (Å²) in [5.74, 6) is 1.29. The summed E-state index contributed by atoms with van der Waals surface area (Å²) in [4.78, 5) is 0.224. The second-order valence-corrected chi connectivity index (χ2v) is 6.70. The van der Waals surface area contributed by atoms with Crippen LogP contribution in [0.15, 0.2) is 42.5 Å². The lowest BCUT2D eigenvalue weighted by molar-refractivity contribution is 0.480. The third-order valence-electron chi connectivity index (χ3n) is 3.17. The maximum atomic E-state index is 6.13. The van der Waals surface area contributed by atoms with Crippen molar-refractivity contribution < 1.29 is 4.74 Å². The van der Waals surface area contributed by atoms with Crippen molar-refractivity contribution in [1.29, 1.82) is 0 Å². The van der Waals surface area contributed by atoms with Crippen LogP contribution in [0.4, 0.5) is 0 Å². The first-order valence-electron chi connectivity index (χ1n) is 6.66. The molecule has 2 nitrogen and oxygen atoms in total. The first kappa shape index (κ1) is 15.8. The number of ether oxygens (including phenoxy) is 1. The van der Waals surface area contributed by atoms with Crippen LogP contribution in [0.5, 0.6) is 11.5 Å². The summed E-state index contributed by atoms with van der Waals surface area (Å²) in [6.45, 7) is 6.51. The minimum absolute atomic E-state index is 0.110. The number of benzene rings is 2. The van der Waals surface area contributed by atoms with Crippen LogP contribution in [-0.2, 0) is 5.41 Å². The van der Waals surface area contributed by atoms with Crippen molar-refractivity contribution in [2.75, 3.05) is 0 Å². The highest BCUT2D eigenvalue weighted by molar-refractivity contribution is 7.80. The van der Waals surface area contributed by atoms with E-state index >= 15 is 0 Å². The molecule has 0 aliphatic rings. The molecule has 0 radical (unpaired) electrons. The van der Waals surface area contributed by atoms with Crippen LogP contribution in [0.3, 0.4) is 0 Å². The van der Waals surface area contributed by atoms with Gasteiger partial charge >= 0.3 is 0 Å². The highest BCUT2D eigenvalue weighted by Gasteiger charge is 2.14. The number of thiocarbonyl (C=S) groups is 1. The van der Waals surface area contributed by atoms with Gasteiger partial charge in [0.05, 0.1) is 10.6 Å². The molecule has 2 aromatic rings. The van der Waals surface area contributed by atoms with Crippen molar-refractivity contribution in [1.82, 2.24) is 0 Å². The van der Waals surface area contributed by atoms with E-state index in [-0.39, 0.29) is 10.4 Å².